The number of anilines is 1. The van der Waals surface area contributed by atoms with E-state index in [1.807, 2.05) is 36.0 Å². The molecule has 6 heteroatoms. The van der Waals surface area contributed by atoms with E-state index in [0.29, 0.717) is 12.1 Å². The van der Waals surface area contributed by atoms with Crippen LogP contribution in [0.2, 0.25) is 0 Å². The van der Waals surface area contributed by atoms with Crippen molar-refractivity contribution in [2.75, 3.05) is 18.0 Å². The maximum Gasteiger partial charge on any atom is 0.255 e. The van der Waals surface area contributed by atoms with Gasteiger partial charge < -0.3 is 10.2 Å². The summed E-state index contributed by atoms with van der Waals surface area (Å²) in [5, 5.41) is 7.19. The highest BCUT2D eigenvalue weighted by Crippen LogP contribution is 2.21. The van der Waals surface area contributed by atoms with Gasteiger partial charge in [-0.3, -0.25) is 9.48 Å². The lowest BCUT2D eigenvalue weighted by atomic mass is 10.2. The lowest BCUT2D eigenvalue weighted by Crippen LogP contribution is -2.37. The van der Waals surface area contributed by atoms with Gasteiger partial charge in [0.2, 0.25) is 0 Å². The fourth-order valence-electron chi connectivity index (χ4n) is 2.79. The van der Waals surface area contributed by atoms with Gasteiger partial charge in [-0.05, 0) is 38.0 Å². The Morgan fingerprint density at radius 3 is 2.86 bits per heavy atom. The Hall–Kier alpha value is -2.37. The third-order valence-electron chi connectivity index (χ3n) is 3.83. The summed E-state index contributed by atoms with van der Waals surface area (Å²) in [6, 6.07) is 5.53. The van der Waals surface area contributed by atoms with Crippen molar-refractivity contribution >= 4 is 11.7 Å². The first kappa shape index (κ1) is 14.6. The monoisotopic (exact) mass is 299 g/mol. The molecular formula is C16H21N5O. The molecule has 0 saturated carbocycles. The van der Waals surface area contributed by atoms with Gasteiger partial charge in [-0.15, -0.1) is 0 Å². The number of carbonyl (C=O) groups excluding carboxylic acids is 1. The minimum Gasteiger partial charge on any atom is -0.356 e. The molecule has 0 spiro atoms. The highest BCUT2D eigenvalue weighted by atomic mass is 16.1. The van der Waals surface area contributed by atoms with Crippen LogP contribution in [0.15, 0.2) is 36.8 Å². The number of nitrogens with zero attached hydrogens (tertiary/aromatic N) is 4. The molecule has 116 valence electrons. The number of hydrogen-bond acceptors (Lipinski definition) is 4. The molecule has 2 aromatic rings. The van der Waals surface area contributed by atoms with Gasteiger partial charge in [0.25, 0.3) is 5.91 Å². The zero-order chi connectivity index (χ0) is 15.4. The number of amides is 1. The van der Waals surface area contributed by atoms with Crippen LogP contribution in [-0.2, 0) is 6.54 Å². The van der Waals surface area contributed by atoms with Crippen molar-refractivity contribution in [2.24, 2.45) is 0 Å². The SMILES string of the molecule is C[C@H](Cn1cccn1)NC(=O)c1cccnc1N1CCCC1. The maximum atomic E-state index is 12.6. The summed E-state index contributed by atoms with van der Waals surface area (Å²) in [6.45, 7) is 4.57. The van der Waals surface area contributed by atoms with Crippen LogP contribution in [0.5, 0.6) is 0 Å². The number of pyridine rings is 1. The third-order valence-corrected chi connectivity index (χ3v) is 3.83. The fraction of sp³-hybridized carbons (Fsp3) is 0.438. The van der Waals surface area contributed by atoms with E-state index in [9.17, 15) is 4.79 Å². The van der Waals surface area contributed by atoms with Crippen LogP contribution in [0.1, 0.15) is 30.1 Å². The van der Waals surface area contributed by atoms with Gasteiger partial charge in [-0.2, -0.15) is 5.10 Å². The van der Waals surface area contributed by atoms with Crippen LogP contribution >= 0.6 is 0 Å². The molecule has 1 amide bonds. The normalized spacial score (nSPS) is 15.8. The summed E-state index contributed by atoms with van der Waals surface area (Å²) in [5.41, 5.74) is 0.650. The molecule has 0 aromatic carbocycles. The molecule has 3 heterocycles. The second-order valence-electron chi connectivity index (χ2n) is 5.67. The molecule has 1 fully saturated rings. The molecule has 0 unspecified atom stereocenters. The Balaban J connectivity index is 1.69. The number of aromatic nitrogens is 3. The molecule has 6 nitrogen and oxygen atoms in total. The van der Waals surface area contributed by atoms with Crippen LogP contribution in [-0.4, -0.2) is 39.8 Å². The predicted molar refractivity (Wildman–Crippen MR) is 84.8 cm³/mol. The highest BCUT2D eigenvalue weighted by molar-refractivity contribution is 5.99. The minimum absolute atomic E-state index is 0.000894. The second kappa shape index (κ2) is 6.60. The molecule has 1 saturated heterocycles. The van der Waals surface area contributed by atoms with E-state index < -0.39 is 0 Å². The summed E-state index contributed by atoms with van der Waals surface area (Å²) in [7, 11) is 0. The fourth-order valence-corrected chi connectivity index (χ4v) is 2.79. The van der Waals surface area contributed by atoms with E-state index in [1.54, 1.807) is 12.4 Å². The predicted octanol–water partition coefficient (Wildman–Crippen LogP) is 1.70. The van der Waals surface area contributed by atoms with E-state index in [2.05, 4.69) is 20.3 Å². The Kier molecular flexibility index (Phi) is 4.37. The molecule has 0 aliphatic carbocycles. The van der Waals surface area contributed by atoms with Crippen molar-refractivity contribution in [1.82, 2.24) is 20.1 Å². The van der Waals surface area contributed by atoms with Gasteiger partial charge in [0.05, 0.1) is 12.1 Å². The molecule has 1 aliphatic heterocycles. The van der Waals surface area contributed by atoms with Crippen LogP contribution in [0.25, 0.3) is 0 Å². The van der Waals surface area contributed by atoms with Crippen LogP contribution in [0, 0.1) is 0 Å². The van der Waals surface area contributed by atoms with E-state index in [-0.39, 0.29) is 11.9 Å². The van der Waals surface area contributed by atoms with Gasteiger partial charge in [-0.1, -0.05) is 0 Å². The van der Waals surface area contributed by atoms with Gasteiger partial charge in [0.1, 0.15) is 5.82 Å². The molecule has 2 aromatic heterocycles. The molecule has 0 radical (unpaired) electrons. The van der Waals surface area contributed by atoms with Gasteiger partial charge in [0.15, 0.2) is 0 Å². The molecular weight excluding hydrogens is 278 g/mol. The Morgan fingerprint density at radius 1 is 1.32 bits per heavy atom. The molecule has 1 atom stereocenters. The lowest BCUT2D eigenvalue weighted by molar-refractivity contribution is 0.0936. The van der Waals surface area contributed by atoms with Crippen molar-refractivity contribution in [1.29, 1.82) is 0 Å². The van der Waals surface area contributed by atoms with Crippen molar-refractivity contribution in [3.8, 4) is 0 Å². The second-order valence-corrected chi connectivity index (χ2v) is 5.67. The minimum atomic E-state index is -0.0744. The molecule has 22 heavy (non-hydrogen) atoms. The molecule has 1 N–H and O–H groups in total. The highest BCUT2D eigenvalue weighted by Gasteiger charge is 2.21. The van der Waals surface area contributed by atoms with E-state index in [0.717, 1.165) is 31.7 Å². The summed E-state index contributed by atoms with van der Waals surface area (Å²) < 4.78 is 1.82. The Morgan fingerprint density at radius 2 is 2.14 bits per heavy atom. The molecule has 3 rings (SSSR count). The average Bonchev–Trinajstić information content (AvgIpc) is 3.20. The summed E-state index contributed by atoms with van der Waals surface area (Å²) in [4.78, 5) is 19.2. The van der Waals surface area contributed by atoms with Gasteiger partial charge in [-0.25, -0.2) is 4.98 Å². The van der Waals surface area contributed by atoms with Crippen molar-refractivity contribution in [2.45, 2.75) is 32.4 Å². The summed E-state index contributed by atoms with van der Waals surface area (Å²) >= 11 is 0. The quantitative estimate of drug-likeness (QED) is 0.912. The van der Waals surface area contributed by atoms with E-state index in [4.69, 9.17) is 0 Å². The largest absolute Gasteiger partial charge is 0.356 e. The van der Waals surface area contributed by atoms with Gasteiger partial charge >= 0.3 is 0 Å². The third kappa shape index (κ3) is 3.27. The average molecular weight is 299 g/mol. The number of nitrogens with one attached hydrogen (secondary N) is 1. The smallest absolute Gasteiger partial charge is 0.255 e. The number of hydrogen-bond donors (Lipinski definition) is 1. The van der Waals surface area contributed by atoms with Crippen molar-refractivity contribution in [3.63, 3.8) is 0 Å². The van der Waals surface area contributed by atoms with Crippen molar-refractivity contribution in [3.05, 3.63) is 42.4 Å². The van der Waals surface area contributed by atoms with E-state index in [1.165, 1.54) is 0 Å². The van der Waals surface area contributed by atoms with Gasteiger partial charge in [0, 0.05) is 37.7 Å². The summed E-state index contributed by atoms with van der Waals surface area (Å²) in [5.74, 6) is 0.721. The molecule has 1 aliphatic rings. The topological polar surface area (TPSA) is 63.1 Å². The number of carbonyl (C=O) groups is 1. The number of rotatable bonds is 5. The van der Waals surface area contributed by atoms with Crippen LogP contribution < -0.4 is 10.2 Å². The summed E-state index contributed by atoms with van der Waals surface area (Å²) in [6.07, 6.45) is 7.70. The zero-order valence-corrected chi connectivity index (χ0v) is 12.8. The Labute approximate surface area is 130 Å². The van der Waals surface area contributed by atoms with Crippen LogP contribution in [0.4, 0.5) is 5.82 Å². The first-order valence-corrected chi connectivity index (χ1v) is 7.72. The van der Waals surface area contributed by atoms with E-state index >= 15 is 0 Å². The maximum absolute atomic E-state index is 12.6. The standard InChI is InChI=1S/C16H21N5O/c1-13(12-21-11-5-8-18-21)19-16(22)14-6-4-7-17-15(14)20-9-2-3-10-20/h4-8,11,13H,2-3,9-10,12H2,1H3,(H,19,22)/t13-/m1/s1. The molecule has 0 bridgehead atoms. The Bertz CT molecular complexity index is 619. The van der Waals surface area contributed by atoms with Crippen LogP contribution in [0.3, 0.4) is 0 Å². The zero-order valence-electron chi connectivity index (χ0n) is 12.8. The first-order chi connectivity index (χ1) is 10.7. The lowest BCUT2D eigenvalue weighted by Gasteiger charge is -2.20. The van der Waals surface area contributed by atoms with Crippen molar-refractivity contribution < 1.29 is 4.79 Å². The first-order valence-electron chi connectivity index (χ1n) is 7.72.